The summed E-state index contributed by atoms with van der Waals surface area (Å²) in [7, 11) is 0. The monoisotopic (exact) mass is 353 g/mol. The molecule has 0 saturated carbocycles. The molecule has 1 aromatic heterocycles. The molecule has 0 saturated heterocycles. The van der Waals surface area contributed by atoms with Crippen LogP contribution in [0.1, 0.15) is 22.7 Å². The van der Waals surface area contributed by atoms with Crippen LogP contribution in [0.15, 0.2) is 33.4 Å². The molecule has 0 fully saturated rings. The van der Waals surface area contributed by atoms with E-state index in [1.165, 1.54) is 11.3 Å². The summed E-state index contributed by atoms with van der Waals surface area (Å²) in [5, 5.41) is 3.41. The lowest BCUT2D eigenvalue weighted by Crippen LogP contribution is -2.15. The summed E-state index contributed by atoms with van der Waals surface area (Å²) in [6, 6.07) is 1.30. The molecular weight excluding hydrogens is 346 g/mol. The van der Waals surface area contributed by atoms with Gasteiger partial charge in [0.1, 0.15) is 5.82 Å². The summed E-state index contributed by atoms with van der Waals surface area (Å²) in [4.78, 5) is 0. The zero-order valence-electron chi connectivity index (χ0n) is 9.34. The summed E-state index contributed by atoms with van der Waals surface area (Å²) in [5.41, 5.74) is 5.32. The lowest BCUT2D eigenvalue weighted by molar-refractivity contribution is -0.137. The van der Waals surface area contributed by atoms with Crippen molar-refractivity contribution < 1.29 is 17.6 Å². The van der Waals surface area contributed by atoms with Gasteiger partial charge in [-0.3, -0.25) is 0 Å². The fourth-order valence-electron chi connectivity index (χ4n) is 1.64. The molecule has 0 aliphatic heterocycles. The van der Waals surface area contributed by atoms with E-state index in [4.69, 9.17) is 5.73 Å². The third-order valence-corrected chi connectivity index (χ3v) is 4.39. The average Bonchev–Trinajstić information content (AvgIpc) is 2.73. The largest absolute Gasteiger partial charge is 0.416 e. The van der Waals surface area contributed by atoms with E-state index in [0.29, 0.717) is 16.1 Å². The Morgan fingerprint density at radius 2 is 1.84 bits per heavy atom. The van der Waals surface area contributed by atoms with Gasteiger partial charge in [0.15, 0.2) is 0 Å². The maximum absolute atomic E-state index is 13.7. The van der Waals surface area contributed by atoms with Crippen molar-refractivity contribution >= 4 is 27.3 Å². The number of hydrogen-bond acceptors (Lipinski definition) is 2. The Bertz CT molecular complexity index is 594. The first-order valence-electron chi connectivity index (χ1n) is 5.14. The van der Waals surface area contributed by atoms with Gasteiger partial charge in [-0.1, -0.05) is 0 Å². The predicted molar refractivity (Wildman–Crippen MR) is 69.5 cm³/mol. The molecule has 0 spiro atoms. The maximum Gasteiger partial charge on any atom is 0.416 e. The van der Waals surface area contributed by atoms with Crippen LogP contribution in [0.4, 0.5) is 17.6 Å². The zero-order chi connectivity index (χ0) is 14.2. The number of halogens is 5. The van der Waals surface area contributed by atoms with Gasteiger partial charge in [0.25, 0.3) is 0 Å². The van der Waals surface area contributed by atoms with Crippen molar-refractivity contribution in [1.82, 2.24) is 0 Å². The minimum absolute atomic E-state index is 0.172. The van der Waals surface area contributed by atoms with E-state index >= 15 is 0 Å². The van der Waals surface area contributed by atoms with Gasteiger partial charge in [-0.25, -0.2) is 4.39 Å². The summed E-state index contributed by atoms with van der Waals surface area (Å²) in [6.07, 6.45) is -4.52. The molecule has 102 valence electrons. The lowest BCUT2D eigenvalue weighted by Gasteiger charge is -2.15. The minimum atomic E-state index is -4.52. The molecule has 1 nitrogen and oxygen atoms in total. The maximum atomic E-state index is 13.7. The quantitative estimate of drug-likeness (QED) is 0.777. The van der Waals surface area contributed by atoms with Gasteiger partial charge in [0, 0.05) is 15.4 Å². The third kappa shape index (κ3) is 2.98. The minimum Gasteiger partial charge on any atom is -0.320 e. The molecule has 7 heteroatoms. The number of nitrogens with two attached hydrogens (primary N) is 1. The van der Waals surface area contributed by atoms with E-state index in [9.17, 15) is 17.6 Å². The van der Waals surface area contributed by atoms with Crippen molar-refractivity contribution in [3.63, 3.8) is 0 Å². The molecule has 1 aromatic carbocycles. The topological polar surface area (TPSA) is 26.0 Å². The summed E-state index contributed by atoms with van der Waals surface area (Å²) in [5.74, 6) is -0.751. The first kappa shape index (κ1) is 14.5. The van der Waals surface area contributed by atoms with Crippen molar-refractivity contribution in [2.24, 2.45) is 5.73 Å². The van der Waals surface area contributed by atoms with E-state index in [-0.39, 0.29) is 5.56 Å². The molecule has 0 aliphatic carbocycles. The first-order chi connectivity index (χ1) is 8.80. The van der Waals surface area contributed by atoms with Crippen LogP contribution in [0.3, 0.4) is 0 Å². The van der Waals surface area contributed by atoms with Crippen LogP contribution in [0.5, 0.6) is 0 Å². The van der Waals surface area contributed by atoms with Gasteiger partial charge in [-0.15, -0.1) is 0 Å². The molecule has 2 aromatic rings. The van der Waals surface area contributed by atoms with E-state index < -0.39 is 23.6 Å². The van der Waals surface area contributed by atoms with Gasteiger partial charge in [-0.05, 0) is 45.1 Å². The van der Waals surface area contributed by atoms with Crippen LogP contribution in [-0.2, 0) is 6.18 Å². The highest BCUT2D eigenvalue weighted by atomic mass is 79.9. The molecule has 1 atom stereocenters. The Labute approximate surface area is 119 Å². The molecule has 2 rings (SSSR count). The fraction of sp³-hybridized carbons (Fsp3) is 0.167. The van der Waals surface area contributed by atoms with Crippen LogP contribution >= 0.6 is 27.3 Å². The lowest BCUT2D eigenvalue weighted by atomic mass is 9.99. The number of hydrogen-bond donors (Lipinski definition) is 1. The van der Waals surface area contributed by atoms with E-state index in [1.54, 1.807) is 10.8 Å². The van der Waals surface area contributed by atoms with Crippen LogP contribution in [-0.4, -0.2) is 0 Å². The van der Waals surface area contributed by atoms with Crippen molar-refractivity contribution in [3.8, 4) is 0 Å². The second-order valence-corrected chi connectivity index (χ2v) is 5.48. The molecule has 0 bridgehead atoms. The summed E-state index contributed by atoms with van der Waals surface area (Å²) < 4.78 is 52.2. The number of thiophene rings is 1. The molecule has 19 heavy (non-hydrogen) atoms. The fourth-order valence-corrected chi connectivity index (χ4v) is 3.22. The molecular formula is C12H8BrF4NS. The van der Waals surface area contributed by atoms with Crippen molar-refractivity contribution in [3.05, 3.63) is 55.9 Å². The highest BCUT2D eigenvalue weighted by molar-refractivity contribution is 9.10. The van der Waals surface area contributed by atoms with Crippen LogP contribution in [0.2, 0.25) is 0 Å². The Balaban J connectivity index is 2.47. The SMILES string of the molecule is NC(c1cc(C(F)(F)F)ccc1F)c1cscc1Br. The highest BCUT2D eigenvalue weighted by Crippen LogP contribution is 2.35. The molecule has 1 heterocycles. The van der Waals surface area contributed by atoms with E-state index in [2.05, 4.69) is 15.9 Å². The van der Waals surface area contributed by atoms with E-state index in [1.807, 2.05) is 0 Å². The Hall–Kier alpha value is -0.920. The second-order valence-electron chi connectivity index (χ2n) is 3.89. The number of benzene rings is 1. The standard InChI is InChI=1S/C12H8BrF4NS/c13-9-5-19-4-8(9)11(18)7-3-6(12(15,16)17)1-2-10(7)14/h1-5,11H,18H2. The van der Waals surface area contributed by atoms with Gasteiger partial charge in [-0.2, -0.15) is 24.5 Å². The van der Waals surface area contributed by atoms with Crippen LogP contribution < -0.4 is 5.73 Å². The Morgan fingerprint density at radius 1 is 1.16 bits per heavy atom. The van der Waals surface area contributed by atoms with Gasteiger partial charge in [0.2, 0.25) is 0 Å². The van der Waals surface area contributed by atoms with Crippen LogP contribution in [0, 0.1) is 5.82 Å². The molecule has 0 amide bonds. The number of rotatable bonds is 2. The van der Waals surface area contributed by atoms with E-state index in [0.717, 1.165) is 12.1 Å². The average molecular weight is 354 g/mol. The Kier molecular flexibility index (Phi) is 3.98. The zero-order valence-corrected chi connectivity index (χ0v) is 11.7. The van der Waals surface area contributed by atoms with Crippen molar-refractivity contribution in [2.45, 2.75) is 12.2 Å². The first-order valence-corrected chi connectivity index (χ1v) is 6.88. The molecule has 0 radical (unpaired) electrons. The predicted octanol–water partition coefficient (Wildman–Crippen LogP) is 4.72. The summed E-state index contributed by atoms with van der Waals surface area (Å²) >= 11 is 4.57. The molecule has 1 unspecified atom stereocenters. The molecule has 2 N–H and O–H groups in total. The third-order valence-electron chi connectivity index (χ3n) is 2.64. The van der Waals surface area contributed by atoms with Crippen LogP contribution in [0.25, 0.3) is 0 Å². The molecule has 0 aliphatic rings. The van der Waals surface area contributed by atoms with Crippen molar-refractivity contribution in [1.29, 1.82) is 0 Å². The van der Waals surface area contributed by atoms with Gasteiger partial charge >= 0.3 is 6.18 Å². The van der Waals surface area contributed by atoms with Crippen molar-refractivity contribution in [2.75, 3.05) is 0 Å². The normalized spacial score (nSPS) is 13.6. The smallest absolute Gasteiger partial charge is 0.320 e. The van der Waals surface area contributed by atoms with Gasteiger partial charge in [0.05, 0.1) is 11.6 Å². The highest BCUT2D eigenvalue weighted by Gasteiger charge is 2.32. The summed E-state index contributed by atoms with van der Waals surface area (Å²) in [6.45, 7) is 0. The number of alkyl halides is 3. The second kappa shape index (κ2) is 5.22. The Morgan fingerprint density at radius 3 is 2.37 bits per heavy atom. The van der Waals surface area contributed by atoms with Gasteiger partial charge < -0.3 is 5.73 Å².